The lowest BCUT2D eigenvalue weighted by Gasteiger charge is -2.35. The number of nitrogens with zero attached hydrogens (tertiary/aromatic N) is 2. The van der Waals surface area contributed by atoms with Gasteiger partial charge in [-0.2, -0.15) is 0 Å². The minimum atomic E-state index is -0.0910. The van der Waals surface area contributed by atoms with Gasteiger partial charge in [0.25, 0.3) is 5.91 Å². The largest absolute Gasteiger partial charge is 0.497 e. The number of hydrogen-bond donors (Lipinski definition) is 1. The van der Waals surface area contributed by atoms with Gasteiger partial charge in [-0.1, -0.05) is 18.2 Å². The normalized spacial score (nSPS) is 13.8. The van der Waals surface area contributed by atoms with Crippen LogP contribution in [0, 0.1) is 0 Å². The third-order valence-corrected chi connectivity index (χ3v) is 4.74. The van der Waals surface area contributed by atoms with Gasteiger partial charge in [-0.05, 0) is 24.3 Å². The Morgan fingerprint density at radius 2 is 1.46 bits per heavy atom. The van der Waals surface area contributed by atoms with E-state index < -0.39 is 0 Å². The summed E-state index contributed by atoms with van der Waals surface area (Å²) in [6, 6.07) is 14.8. The Bertz CT molecular complexity index is 795. The topological polar surface area (TPSA) is 71.1 Å². The molecule has 1 aliphatic rings. The van der Waals surface area contributed by atoms with Crippen molar-refractivity contribution in [3.8, 4) is 11.5 Å². The van der Waals surface area contributed by atoms with Gasteiger partial charge in [-0.15, -0.1) is 0 Å². The number of benzene rings is 2. The molecule has 2 aromatic carbocycles. The van der Waals surface area contributed by atoms with Crippen molar-refractivity contribution < 1.29 is 19.1 Å². The predicted molar refractivity (Wildman–Crippen MR) is 107 cm³/mol. The fourth-order valence-corrected chi connectivity index (χ4v) is 3.12. The zero-order valence-corrected chi connectivity index (χ0v) is 16.2. The number of nitrogens with one attached hydrogen (secondary N) is 1. The molecule has 1 aliphatic heterocycles. The van der Waals surface area contributed by atoms with Crippen LogP contribution in [0.4, 0.5) is 5.69 Å². The zero-order chi connectivity index (χ0) is 19.9. The molecule has 1 heterocycles. The number of ether oxygens (including phenoxy) is 2. The Kier molecular flexibility index (Phi) is 6.37. The summed E-state index contributed by atoms with van der Waals surface area (Å²) in [5.74, 6) is 1.08. The molecule has 0 saturated carbocycles. The van der Waals surface area contributed by atoms with E-state index in [1.54, 1.807) is 42.2 Å². The minimum Gasteiger partial charge on any atom is -0.497 e. The number of hydrogen-bond acceptors (Lipinski definition) is 5. The van der Waals surface area contributed by atoms with E-state index >= 15 is 0 Å². The van der Waals surface area contributed by atoms with E-state index in [2.05, 4.69) is 5.32 Å². The van der Waals surface area contributed by atoms with Crippen LogP contribution in [0.5, 0.6) is 11.5 Å². The molecule has 0 radical (unpaired) electrons. The highest BCUT2D eigenvalue weighted by Gasteiger charge is 2.25. The number of amides is 2. The molecule has 1 N–H and O–H groups in total. The minimum absolute atomic E-state index is 0.0269. The van der Waals surface area contributed by atoms with Crippen LogP contribution in [0.1, 0.15) is 10.4 Å². The van der Waals surface area contributed by atoms with Crippen LogP contribution in [0.2, 0.25) is 0 Å². The number of anilines is 1. The molecule has 1 saturated heterocycles. The number of piperazine rings is 1. The summed E-state index contributed by atoms with van der Waals surface area (Å²) in [6.07, 6.45) is 0. The first-order valence-corrected chi connectivity index (χ1v) is 9.19. The Labute approximate surface area is 164 Å². The number of para-hydroxylation sites is 1. The van der Waals surface area contributed by atoms with E-state index in [9.17, 15) is 9.59 Å². The molecule has 7 nitrogen and oxygen atoms in total. The molecule has 0 spiro atoms. The molecule has 28 heavy (non-hydrogen) atoms. The third kappa shape index (κ3) is 4.73. The van der Waals surface area contributed by atoms with Gasteiger partial charge in [0.15, 0.2) is 0 Å². The Morgan fingerprint density at radius 1 is 0.893 bits per heavy atom. The Balaban J connectivity index is 1.54. The maximum Gasteiger partial charge on any atom is 0.254 e. The van der Waals surface area contributed by atoms with E-state index in [4.69, 9.17) is 9.47 Å². The predicted octanol–water partition coefficient (Wildman–Crippen LogP) is 2.10. The molecule has 3 rings (SSSR count). The van der Waals surface area contributed by atoms with E-state index in [0.717, 1.165) is 5.69 Å². The lowest BCUT2D eigenvalue weighted by Crippen LogP contribution is -2.51. The first-order chi connectivity index (χ1) is 13.6. The van der Waals surface area contributed by atoms with Crippen molar-refractivity contribution in [1.82, 2.24) is 9.80 Å². The number of carbonyl (C=O) groups excluding carboxylic acids is 2. The highest BCUT2D eigenvalue weighted by Crippen LogP contribution is 2.23. The first kappa shape index (κ1) is 19.5. The van der Waals surface area contributed by atoms with Crippen LogP contribution in [-0.2, 0) is 4.79 Å². The summed E-state index contributed by atoms with van der Waals surface area (Å²) >= 11 is 0. The van der Waals surface area contributed by atoms with Crippen LogP contribution in [0.3, 0.4) is 0 Å². The summed E-state index contributed by atoms with van der Waals surface area (Å²) in [5, 5.41) is 3.13. The van der Waals surface area contributed by atoms with Crippen molar-refractivity contribution >= 4 is 17.5 Å². The van der Waals surface area contributed by atoms with E-state index in [0.29, 0.717) is 43.2 Å². The summed E-state index contributed by atoms with van der Waals surface area (Å²) in [4.78, 5) is 28.8. The van der Waals surface area contributed by atoms with E-state index in [1.165, 1.54) is 0 Å². The van der Waals surface area contributed by atoms with E-state index in [-0.39, 0.29) is 18.4 Å². The number of rotatable bonds is 6. The molecule has 2 aromatic rings. The molecule has 0 bridgehead atoms. The van der Waals surface area contributed by atoms with Crippen molar-refractivity contribution in [1.29, 1.82) is 0 Å². The molecule has 1 fully saturated rings. The highest BCUT2D eigenvalue weighted by molar-refractivity contribution is 5.95. The maximum atomic E-state index is 12.8. The lowest BCUT2D eigenvalue weighted by molar-refractivity contribution is -0.130. The van der Waals surface area contributed by atoms with Crippen LogP contribution in [0.15, 0.2) is 48.5 Å². The molecule has 0 unspecified atom stereocenters. The second kappa shape index (κ2) is 9.12. The summed E-state index contributed by atoms with van der Waals surface area (Å²) < 4.78 is 10.5. The Morgan fingerprint density at radius 3 is 2.04 bits per heavy atom. The van der Waals surface area contributed by atoms with Crippen molar-refractivity contribution in [3.05, 3.63) is 54.1 Å². The van der Waals surface area contributed by atoms with Gasteiger partial charge in [0.1, 0.15) is 11.5 Å². The molecular weight excluding hydrogens is 358 g/mol. The van der Waals surface area contributed by atoms with Crippen molar-refractivity contribution in [3.63, 3.8) is 0 Å². The molecule has 2 amide bonds. The molecular formula is C21H25N3O4. The SMILES string of the molecule is COc1cc(OC)cc(C(=O)N2CCN(C(=O)CNc3ccccc3)CC2)c1. The smallest absolute Gasteiger partial charge is 0.254 e. The van der Waals surface area contributed by atoms with Crippen LogP contribution < -0.4 is 14.8 Å². The fourth-order valence-electron chi connectivity index (χ4n) is 3.12. The molecule has 0 atom stereocenters. The van der Waals surface area contributed by atoms with Gasteiger partial charge in [0.2, 0.25) is 5.91 Å². The fraction of sp³-hybridized carbons (Fsp3) is 0.333. The van der Waals surface area contributed by atoms with Gasteiger partial charge < -0.3 is 24.6 Å². The van der Waals surface area contributed by atoms with Crippen molar-refractivity contribution in [2.75, 3.05) is 52.3 Å². The lowest BCUT2D eigenvalue weighted by atomic mass is 10.1. The highest BCUT2D eigenvalue weighted by atomic mass is 16.5. The van der Waals surface area contributed by atoms with Crippen LogP contribution >= 0.6 is 0 Å². The quantitative estimate of drug-likeness (QED) is 0.827. The maximum absolute atomic E-state index is 12.8. The van der Waals surface area contributed by atoms with Gasteiger partial charge in [0, 0.05) is 43.5 Å². The summed E-state index contributed by atoms with van der Waals surface area (Å²) in [5.41, 5.74) is 1.43. The van der Waals surface area contributed by atoms with Crippen molar-refractivity contribution in [2.45, 2.75) is 0 Å². The second-order valence-corrected chi connectivity index (χ2v) is 6.49. The van der Waals surface area contributed by atoms with Gasteiger partial charge in [0.05, 0.1) is 20.8 Å². The van der Waals surface area contributed by atoms with Gasteiger partial charge in [-0.25, -0.2) is 0 Å². The van der Waals surface area contributed by atoms with E-state index in [1.807, 2.05) is 30.3 Å². The molecule has 7 heteroatoms. The van der Waals surface area contributed by atoms with Crippen LogP contribution in [-0.4, -0.2) is 68.6 Å². The number of carbonyl (C=O) groups is 2. The van der Waals surface area contributed by atoms with Crippen molar-refractivity contribution in [2.24, 2.45) is 0 Å². The molecule has 148 valence electrons. The van der Waals surface area contributed by atoms with Gasteiger partial charge >= 0.3 is 0 Å². The average molecular weight is 383 g/mol. The zero-order valence-electron chi connectivity index (χ0n) is 16.2. The Hall–Kier alpha value is -3.22. The van der Waals surface area contributed by atoms with Crippen LogP contribution in [0.25, 0.3) is 0 Å². The molecule has 0 aliphatic carbocycles. The monoisotopic (exact) mass is 383 g/mol. The second-order valence-electron chi connectivity index (χ2n) is 6.49. The summed E-state index contributed by atoms with van der Waals surface area (Å²) in [6.45, 7) is 2.26. The summed E-state index contributed by atoms with van der Waals surface area (Å²) in [7, 11) is 3.10. The molecule has 0 aromatic heterocycles. The average Bonchev–Trinajstić information content (AvgIpc) is 2.77. The first-order valence-electron chi connectivity index (χ1n) is 9.19. The standard InChI is InChI=1S/C21H25N3O4/c1-27-18-12-16(13-19(14-18)28-2)21(26)24-10-8-23(9-11-24)20(25)15-22-17-6-4-3-5-7-17/h3-7,12-14,22H,8-11,15H2,1-2H3. The number of methoxy groups -OCH3 is 2. The van der Waals surface area contributed by atoms with Gasteiger partial charge in [-0.3, -0.25) is 9.59 Å². The third-order valence-electron chi connectivity index (χ3n) is 4.74.